The summed E-state index contributed by atoms with van der Waals surface area (Å²) >= 11 is 6.88. The van der Waals surface area contributed by atoms with Gasteiger partial charge in [-0.05, 0) is 71.7 Å². The van der Waals surface area contributed by atoms with E-state index in [9.17, 15) is 14.7 Å². The van der Waals surface area contributed by atoms with E-state index in [1.54, 1.807) is 0 Å². The number of hydrogen-bond acceptors (Lipinski definition) is 4. The van der Waals surface area contributed by atoms with Crippen LogP contribution in [-0.4, -0.2) is 43.4 Å². The number of amides is 1. The van der Waals surface area contributed by atoms with E-state index >= 15 is 0 Å². The summed E-state index contributed by atoms with van der Waals surface area (Å²) in [5.74, 6) is -1.33. The molecule has 3 aromatic carbocycles. The number of aromatic nitrogens is 3. The van der Waals surface area contributed by atoms with E-state index in [4.69, 9.17) is 11.6 Å². The van der Waals surface area contributed by atoms with Crippen molar-refractivity contribution in [3.63, 3.8) is 0 Å². The van der Waals surface area contributed by atoms with Crippen LogP contribution in [0.2, 0.25) is 5.02 Å². The zero-order valence-electron chi connectivity index (χ0n) is 21.1. The molecule has 6 heterocycles. The summed E-state index contributed by atoms with van der Waals surface area (Å²) in [5, 5.41) is 19.0. The van der Waals surface area contributed by atoms with Gasteiger partial charge in [-0.2, -0.15) is 0 Å². The lowest BCUT2D eigenvalue weighted by molar-refractivity contribution is -0.137. The lowest BCUT2D eigenvalue weighted by Crippen LogP contribution is -2.36. The van der Waals surface area contributed by atoms with Gasteiger partial charge in [0.25, 0.3) is 5.91 Å². The van der Waals surface area contributed by atoms with Crippen molar-refractivity contribution in [2.45, 2.75) is 57.5 Å². The summed E-state index contributed by atoms with van der Waals surface area (Å²) in [4.78, 5) is 27.2. The Morgan fingerprint density at radius 3 is 2.63 bits per heavy atom. The van der Waals surface area contributed by atoms with Crippen molar-refractivity contribution in [1.29, 1.82) is 0 Å². The Morgan fingerprint density at radius 1 is 0.974 bits per heavy atom. The monoisotopic (exact) mass is 528 g/mol. The first-order chi connectivity index (χ1) is 18.5. The molecule has 1 amide bonds. The van der Waals surface area contributed by atoms with Crippen LogP contribution in [-0.2, 0) is 30.7 Å². The maximum Gasteiger partial charge on any atom is 0.304 e. The molecule has 38 heavy (non-hydrogen) atoms. The molecule has 5 aliphatic rings. The zero-order valence-corrected chi connectivity index (χ0v) is 21.8. The van der Waals surface area contributed by atoms with Gasteiger partial charge in [-0.25, -0.2) is 4.68 Å². The minimum atomic E-state index is -0.904. The van der Waals surface area contributed by atoms with Crippen LogP contribution in [0.1, 0.15) is 69.8 Å². The minimum absolute atomic E-state index is 0.0245. The van der Waals surface area contributed by atoms with Crippen LogP contribution in [0, 0.1) is 0 Å². The molecule has 0 saturated carbocycles. The predicted molar refractivity (Wildman–Crippen MR) is 146 cm³/mol. The third-order valence-corrected chi connectivity index (χ3v) is 8.28. The van der Waals surface area contributed by atoms with Crippen LogP contribution >= 0.6 is 11.6 Å². The number of carbonyl (C=O) groups is 2. The summed E-state index contributed by atoms with van der Waals surface area (Å²) in [6.07, 6.45) is 4.67. The van der Waals surface area contributed by atoms with E-state index < -0.39 is 11.9 Å². The van der Waals surface area contributed by atoms with Crippen molar-refractivity contribution < 1.29 is 14.7 Å². The van der Waals surface area contributed by atoms with Gasteiger partial charge in [-0.15, -0.1) is 5.10 Å². The Bertz CT molecular complexity index is 1530. The number of nitrogens with zero attached hydrogens (tertiary/aromatic N) is 4. The Labute approximate surface area is 226 Å². The van der Waals surface area contributed by atoms with E-state index in [1.807, 2.05) is 46.0 Å². The molecule has 1 N–H and O–H groups in total. The number of hydrogen-bond donors (Lipinski definition) is 1. The first kappa shape index (κ1) is 24.6. The molecule has 0 spiro atoms. The number of benzene rings is 3. The molecule has 0 aliphatic carbocycles. The molecule has 194 valence electrons. The average Bonchev–Trinajstić information content (AvgIpc) is 3.34. The quantitative estimate of drug-likeness (QED) is 0.365. The smallest absolute Gasteiger partial charge is 0.304 e. The molecule has 1 unspecified atom stereocenters. The lowest BCUT2D eigenvalue weighted by Gasteiger charge is -2.30. The molecule has 0 radical (unpaired) electrons. The maximum absolute atomic E-state index is 13.3. The van der Waals surface area contributed by atoms with E-state index in [-0.39, 0.29) is 12.3 Å². The predicted octanol–water partition coefficient (Wildman–Crippen LogP) is 5.62. The van der Waals surface area contributed by atoms with Crippen molar-refractivity contribution in [2.24, 2.45) is 0 Å². The van der Waals surface area contributed by atoms with Crippen molar-refractivity contribution in [2.75, 3.05) is 6.54 Å². The number of rotatable bonds is 2. The van der Waals surface area contributed by atoms with Gasteiger partial charge in [0.15, 0.2) is 0 Å². The van der Waals surface area contributed by atoms with Gasteiger partial charge < -0.3 is 10.0 Å². The first-order valence-electron chi connectivity index (χ1n) is 13.2. The van der Waals surface area contributed by atoms with Gasteiger partial charge in [0.2, 0.25) is 0 Å². The van der Waals surface area contributed by atoms with Crippen molar-refractivity contribution in [1.82, 2.24) is 19.9 Å². The largest absolute Gasteiger partial charge is 0.481 e. The highest BCUT2D eigenvalue weighted by Gasteiger charge is 2.27. The summed E-state index contributed by atoms with van der Waals surface area (Å²) in [6.45, 7) is 1.88. The van der Waals surface area contributed by atoms with E-state index in [2.05, 4.69) is 28.5 Å². The van der Waals surface area contributed by atoms with Crippen molar-refractivity contribution in [3.05, 3.63) is 93.0 Å². The SMILES string of the molecule is O=C(O)CC1c2ccc3c(c2)CN(CC3)C(=O)c2ccc(cc2)CCCCCn2nnc3c(Cl)c1ccc32. The normalized spacial score (nSPS) is 17.9. The number of aliphatic carboxylic acids is 1. The van der Waals surface area contributed by atoms with E-state index in [0.717, 1.165) is 60.9 Å². The van der Waals surface area contributed by atoms with Gasteiger partial charge in [0.1, 0.15) is 5.52 Å². The Hall–Kier alpha value is -3.71. The second-order valence-corrected chi connectivity index (χ2v) is 10.7. The van der Waals surface area contributed by atoms with Crippen molar-refractivity contribution in [3.8, 4) is 0 Å². The van der Waals surface area contributed by atoms with Crippen molar-refractivity contribution >= 4 is 34.5 Å². The Morgan fingerprint density at radius 2 is 1.82 bits per heavy atom. The molecule has 1 atom stereocenters. The number of aryl methyl sites for hydroxylation is 2. The highest BCUT2D eigenvalue weighted by Crippen LogP contribution is 2.38. The maximum atomic E-state index is 13.3. The summed E-state index contributed by atoms with van der Waals surface area (Å²) in [6, 6.07) is 18.0. The fraction of sp³-hybridized carbons (Fsp3) is 0.333. The molecule has 5 aliphatic heterocycles. The molecule has 0 fully saturated rings. The minimum Gasteiger partial charge on any atom is -0.481 e. The van der Waals surface area contributed by atoms with E-state index in [0.29, 0.717) is 29.2 Å². The molecule has 7 nitrogen and oxygen atoms in total. The Kier molecular flexibility index (Phi) is 6.62. The number of halogens is 1. The molecule has 9 rings (SSSR count). The van der Waals surface area contributed by atoms with Gasteiger partial charge in [-0.3, -0.25) is 9.59 Å². The molecule has 1 aromatic heterocycles. The molecule has 9 bridgehead atoms. The van der Waals surface area contributed by atoms with Crippen LogP contribution in [0.4, 0.5) is 0 Å². The molecule has 0 saturated heterocycles. The standard InChI is InChI=1S/C30H29ClN4O3/c31-28-24-11-12-26-29(28)32-33-35(26)14-3-1-2-4-19-5-7-21(8-6-19)30(38)34-15-13-20-9-10-22(16-23(20)18-34)25(24)17-27(36)37/h5-12,16,25H,1-4,13-15,17-18H2,(H,36,37). The molecular weight excluding hydrogens is 500 g/mol. The molecule has 8 heteroatoms. The van der Waals surface area contributed by atoms with Gasteiger partial charge >= 0.3 is 5.97 Å². The second kappa shape index (κ2) is 10.2. The topological polar surface area (TPSA) is 88.3 Å². The van der Waals surface area contributed by atoms with Gasteiger partial charge in [0.05, 0.1) is 17.0 Å². The summed E-state index contributed by atoms with van der Waals surface area (Å²) < 4.78 is 1.88. The second-order valence-electron chi connectivity index (χ2n) is 10.3. The third kappa shape index (κ3) is 4.67. The van der Waals surface area contributed by atoms with E-state index in [1.165, 1.54) is 11.1 Å². The van der Waals surface area contributed by atoms with Crippen LogP contribution in [0.5, 0.6) is 0 Å². The molecular formula is C30H29ClN4O3. The first-order valence-corrected chi connectivity index (χ1v) is 13.6. The van der Waals surface area contributed by atoms with Gasteiger partial charge in [0, 0.05) is 31.1 Å². The lowest BCUT2D eigenvalue weighted by atomic mass is 9.85. The molecule has 4 aromatic rings. The highest BCUT2D eigenvalue weighted by molar-refractivity contribution is 6.35. The zero-order chi connectivity index (χ0) is 26.2. The average molecular weight is 529 g/mol. The highest BCUT2D eigenvalue weighted by atomic mass is 35.5. The Balaban J connectivity index is 1.44. The summed E-state index contributed by atoms with van der Waals surface area (Å²) in [7, 11) is 0. The van der Waals surface area contributed by atoms with Crippen LogP contribution < -0.4 is 0 Å². The third-order valence-electron chi connectivity index (χ3n) is 7.88. The fourth-order valence-corrected chi connectivity index (χ4v) is 6.10. The fourth-order valence-electron chi connectivity index (χ4n) is 5.77. The number of carbonyl (C=O) groups excluding carboxylic acids is 1. The van der Waals surface area contributed by atoms with Crippen LogP contribution in [0.3, 0.4) is 0 Å². The summed E-state index contributed by atoms with van der Waals surface area (Å²) in [5.41, 5.74) is 7.20. The van der Waals surface area contributed by atoms with Crippen LogP contribution in [0.15, 0.2) is 54.6 Å². The van der Waals surface area contributed by atoms with Gasteiger partial charge in [-0.1, -0.05) is 59.6 Å². The number of carboxylic acids is 1. The number of carboxylic acid groups (broad SMARTS) is 1. The van der Waals surface area contributed by atoms with Crippen LogP contribution in [0.25, 0.3) is 11.0 Å².